The van der Waals surface area contributed by atoms with Gasteiger partial charge >= 0.3 is 12.3 Å². The van der Waals surface area contributed by atoms with Gasteiger partial charge in [-0.25, -0.2) is 15.2 Å². The van der Waals surface area contributed by atoms with Crippen LogP contribution in [-0.4, -0.2) is 28.0 Å². The van der Waals surface area contributed by atoms with Gasteiger partial charge in [0, 0.05) is 30.7 Å². The summed E-state index contributed by atoms with van der Waals surface area (Å²) in [4.78, 5) is 15.0. The smallest absolute Gasteiger partial charge is 0.428 e. The number of carbonyl (C=O) groups is 1. The third kappa shape index (κ3) is 3.73. The lowest BCUT2D eigenvalue weighted by atomic mass is 10.0. The quantitative estimate of drug-likeness (QED) is 0.885. The van der Waals surface area contributed by atoms with Crippen molar-refractivity contribution in [2.45, 2.75) is 12.7 Å². The lowest BCUT2D eigenvalue weighted by molar-refractivity contribution is -0.137. The molecule has 0 aliphatic carbocycles. The lowest BCUT2D eigenvalue weighted by Gasteiger charge is -2.18. The van der Waals surface area contributed by atoms with Crippen molar-refractivity contribution in [2.24, 2.45) is 12.1 Å². The topological polar surface area (TPSA) is 80.5 Å². The fraction of sp³-hybridized carbons (Fsp3) is 0.267. The van der Waals surface area contributed by atoms with Crippen molar-refractivity contribution in [3.05, 3.63) is 47.5 Å². The molecule has 10 heteroatoms. The Bertz CT molecular complexity index is 829. The monoisotopic (exact) mass is 353 g/mol. The van der Waals surface area contributed by atoms with Crippen molar-refractivity contribution in [3.8, 4) is 0 Å². The molecular formula is C15H14F3N5O2. The van der Waals surface area contributed by atoms with Crippen LogP contribution in [0.25, 0.3) is 0 Å². The van der Waals surface area contributed by atoms with E-state index in [-0.39, 0.29) is 30.1 Å². The SMILES string of the molecule is Cn1ccnc1CNc1ccc(C2=NNC(=O)OC2)cc1C(F)(F)F. The van der Waals surface area contributed by atoms with E-state index in [0.29, 0.717) is 5.82 Å². The number of nitrogens with zero attached hydrogens (tertiary/aromatic N) is 3. The minimum atomic E-state index is -4.56. The highest BCUT2D eigenvalue weighted by atomic mass is 19.4. The summed E-state index contributed by atoms with van der Waals surface area (Å²) >= 11 is 0. The van der Waals surface area contributed by atoms with Crippen LogP contribution in [0.2, 0.25) is 0 Å². The van der Waals surface area contributed by atoms with Crippen molar-refractivity contribution >= 4 is 17.5 Å². The number of amides is 1. The second-order valence-electron chi connectivity index (χ2n) is 5.31. The zero-order valence-electron chi connectivity index (χ0n) is 13.1. The van der Waals surface area contributed by atoms with Gasteiger partial charge in [-0.05, 0) is 12.1 Å². The number of halogens is 3. The molecule has 2 N–H and O–H groups in total. The molecule has 0 unspecified atom stereocenters. The van der Waals surface area contributed by atoms with Gasteiger partial charge in [0.25, 0.3) is 0 Å². The van der Waals surface area contributed by atoms with Crippen LogP contribution in [0.4, 0.5) is 23.7 Å². The van der Waals surface area contributed by atoms with E-state index in [1.165, 1.54) is 12.1 Å². The summed E-state index contributed by atoms with van der Waals surface area (Å²) < 4.78 is 46.6. The largest absolute Gasteiger partial charge is 0.442 e. The molecule has 7 nitrogen and oxygen atoms in total. The predicted octanol–water partition coefficient (Wildman–Crippen LogP) is 2.49. The third-order valence-electron chi connectivity index (χ3n) is 3.64. The van der Waals surface area contributed by atoms with E-state index in [9.17, 15) is 18.0 Å². The van der Waals surface area contributed by atoms with E-state index in [2.05, 4.69) is 20.8 Å². The number of hydrogen-bond donors (Lipinski definition) is 2. The summed E-state index contributed by atoms with van der Waals surface area (Å²) in [6.07, 6.45) is -2.02. The van der Waals surface area contributed by atoms with Gasteiger partial charge in [-0.1, -0.05) is 6.07 Å². The molecule has 2 heterocycles. The Morgan fingerprint density at radius 3 is 2.80 bits per heavy atom. The maximum absolute atomic E-state index is 13.4. The van der Waals surface area contributed by atoms with Crippen molar-refractivity contribution in [3.63, 3.8) is 0 Å². The van der Waals surface area contributed by atoms with Crippen LogP contribution in [-0.2, 0) is 24.5 Å². The Morgan fingerprint density at radius 1 is 1.40 bits per heavy atom. The Hall–Kier alpha value is -3.04. The van der Waals surface area contributed by atoms with Crippen LogP contribution in [0.3, 0.4) is 0 Å². The van der Waals surface area contributed by atoms with Gasteiger partial charge in [0.15, 0.2) is 0 Å². The maximum Gasteiger partial charge on any atom is 0.428 e. The number of aromatic nitrogens is 2. The number of aryl methyl sites for hydroxylation is 1. The number of ether oxygens (including phenoxy) is 1. The maximum atomic E-state index is 13.4. The standard InChI is InChI=1S/C15H14F3N5O2/c1-23-5-4-19-13(23)7-20-11-3-2-9(6-10(11)15(16,17)18)12-8-25-14(24)22-21-12/h2-6,20H,7-8H2,1H3,(H,22,24). The van der Waals surface area contributed by atoms with Gasteiger partial charge < -0.3 is 14.6 Å². The number of anilines is 1. The van der Waals surface area contributed by atoms with Crippen molar-refractivity contribution < 1.29 is 22.7 Å². The molecule has 0 saturated carbocycles. The van der Waals surface area contributed by atoms with E-state index in [1.54, 1.807) is 24.0 Å². The molecule has 0 saturated heterocycles. The van der Waals surface area contributed by atoms with E-state index in [1.807, 2.05) is 0 Å². The average molecular weight is 353 g/mol. The van der Waals surface area contributed by atoms with Gasteiger partial charge in [0.05, 0.1) is 12.1 Å². The van der Waals surface area contributed by atoms with Crippen LogP contribution in [0.5, 0.6) is 0 Å². The number of alkyl halides is 3. The molecule has 0 bridgehead atoms. The van der Waals surface area contributed by atoms with E-state index >= 15 is 0 Å². The first-order valence-corrected chi connectivity index (χ1v) is 7.25. The normalized spacial score (nSPS) is 14.6. The molecule has 0 atom stereocenters. The number of hydrogen-bond acceptors (Lipinski definition) is 5. The molecule has 1 aromatic heterocycles. The second kappa shape index (κ2) is 6.46. The van der Waals surface area contributed by atoms with Gasteiger partial charge in [-0.15, -0.1) is 0 Å². The highest BCUT2D eigenvalue weighted by Crippen LogP contribution is 2.36. The van der Waals surface area contributed by atoms with Crippen LogP contribution in [0.1, 0.15) is 17.0 Å². The molecular weight excluding hydrogens is 339 g/mol. The number of imidazole rings is 1. The minimum Gasteiger partial charge on any atom is -0.442 e. The highest BCUT2D eigenvalue weighted by Gasteiger charge is 2.34. The molecule has 0 fully saturated rings. The van der Waals surface area contributed by atoms with Gasteiger partial charge in [-0.3, -0.25) is 0 Å². The Balaban J connectivity index is 1.88. The molecule has 25 heavy (non-hydrogen) atoms. The van der Waals surface area contributed by atoms with Crippen molar-refractivity contribution in [1.82, 2.24) is 15.0 Å². The number of carbonyl (C=O) groups excluding carboxylic acids is 1. The Labute approximate surface area is 140 Å². The summed E-state index contributed by atoms with van der Waals surface area (Å²) in [5, 5.41) is 6.48. The zero-order valence-corrected chi connectivity index (χ0v) is 13.1. The Kier molecular flexibility index (Phi) is 4.34. The fourth-order valence-corrected chi connectivity index (χ4v) is 2.31. The molecule has 1 aliphatic heterocycles. The molecule has 1 aromatic carbocycles. The molecule has 3 rings (SSSR count). The molecule has 0 radical (unpaired) electrons. The van der Waals surface area contributed by atoms with Gasteiger partial charge in [-0.2, -0.15) is 18.3 Å². The third-order valence-corrected chi connectivity index (χ3v) is 3.64. The molecule has 2 aromatic rings. The second-order valence-corrected chi connectivity index (χ2v) is 5.31. The number of rotatable bonds is 4. The van der Waals surface area contributed by atoms with Crippen LogP contribution >= 0.6 is 0 Å². The van der Waals surface area contributed by atoms with E-state index < -0.39 is 17.8 Å². The van der Waals surface area contributed by atoms with E-state index in [0.717, 1.165) is 6.07 Å². The van der Waals surface area contributed by atoms with Crippen molar-refractivity contribution in [2.75, 3.05) is 11.9 Å². The van der Waals surface area contributed by atoms with E-state index in [4.69, 9.17) is 4.74 Å². The molecule has 1 amide bonds. The van der Waals surface area contributed by atoms with Crippen LogP contribution in [0, 0.1) is 0 Å². The summed E-state index contributed by atoms with van der Waals surface area (Å²) in [6, 6.07) is 3.77. The summed E-state index contributed by atoms with van der Waals surface area (Å²) in [5.41, 5.74) is 1.60. The number of hydrazone groups is 1. The fourth-order valence-electron chi connectivity index (χ4n) is 2.31. The summed E-state index contributed by atoms with van der Waals surface area (Å²) in [6.45, 7) is -0.0464. The molecule has 132 valence electrons. The Morgan fingerprint density at radius 2 is 2.20 bits per heavy atom. The first kappa shape index (κ1) is 16.8. The lowest BCUT2D eigenvalue weighted by Crippen LogP contribution is -2.30. The summed E-state index contributed by atoms with van der Waals surface area (Å²) in [7, 11) is 1.76. The molecule has 1 aliphatic rings. The number of cyclic esters (lactones) is 1. The highest BCUT2D eigenvalue weighted by molar-refractivity contribution is 6.04. The number of benzene rings is 1. The van der Waals surface area contributed by atoms with Crippen LogP contribution < -0.4 is 10.7 Å². The van der Waals surface area contributed by atoms with Gasteiger partial charge in [0.1, 0.15) is 18.1 Å². The first-order chi connectivity index (χ1) is 11.8. The van der Waals surface area contributed by atoms with Crippen LogP contribution in [0.15, 0.2) is 35.7 Å². The zero-order chi connectivity index (χ0) is 18.0. The van der Waals surface area contributed by atoms with Gasteiger partial charge in [0.2, 0.25) is 0 Å². The minimum absolute atomic E-state index is 0.0689. The molecule has 0 spiro atoms. The van der Waals surface area contributed by atoms with Crippen molar-refractivity contribution in [1.29, 1.82) is 0 Å². The average Bonchev–Trinajstić information content (AvgIpc) is 2.98. The predicted molar refractivity (Wildman–Crippen MR) is 83.0 cm³/mol. The summed E-state index contributed by atoms with van der Waals surface area (Å²) in [5.74, 6) is 0.602. The first-order valence-electron chi connectivity index (χ1n) is 7.25. The number of nitrogens with one attached hydrogen (secondary N) is 2.